The fourth-order valence-electron chi connectivity index (χ4n) is 2.02. The van der Waals surface area contributed by atoms with Crippen molar-refractivity contribution in [1.82, 2.24) is 16.0 Å². The number of hydrogen-bond acceptors (Lipinski definition) is 7. The summed E-state index contributed by atoms with van der Waals surface area (Å²) in [4.78, 5) is 68.7. The Balaban J connectivity index is 4.93. The molecule has 0 aliphatic heterocycles. The quantitative estimate of drug-likeness (QED) is 0.162. The minimum atomic E-state index is -1.30. The third-order valence-electron chi connectivity index (χ3n) is 3.80. The Morgan fingerprint density at radius 3 is 1.83 bits per heavy atom. The summed E-state index contributed by atoms with van der Waals surface area (Å²) in [5.74, 6) is -5.55. The van der Waals surface area contributed by atoms with Gasteiger partial charge in [-0.25, -0.2) is 0 Å². The van der Waals surface area contributed by atoms with E-state index in [2.05, 4.69) is 16.0 Å². The van der Waals surface area contributed by atoms with Gasteiger partial charge in [-0.05, 0) is 26.7 Å². The molecule has 0 aliphatic carbocycles. The normalized spacial score (nSPS) is 14.6. The molecule has 0 aromatic rings. The Labute approximate surface area is 166 Å². The van der Waals surface area contributed by atoms with Crippen LogP contribution in [-0.2, 0) is 28.8 Å². The van der Waals surface area contributed by atoms with Gasteiger partial charge in [-0.2, -0.15) is 0 Å². The zero-order valence-corrected chi connectivity index (χ0v) is 16.1. The van der Waals surface area contributed by atoms with Crippen LogP contribution in [0.5, 0.6) is 0 Å². The van der Waals surface area contributed by atoms with Crippen LogP contribution in [0.1, 0.15) is 39.5 Å². The van der Waals surface area contributed by atoms with Gasteiger partial charge in [0.25, 0.3) is 0 Å². The molecule has 0 radical (unpaired) electrons. The van der Waals surface area contributed by atoms with Gasteiger partial charge in [-0.3, -0.25) is 28.8 Å². The number of nitrogens with one attached hydrogen (secondary N) is 3. The van der Waals surface area contributed by atoms with Gasteiger partial charge >= 0.3 is 11.9 Å². The number of amides is 4. The van der Waals surface area contributed by atoms with Gasteiger partial charge in [0.1, 0.15) is 18.1 Å². The molecule has 0 bridgehead atoms. The van der Waals surface area contributed by atoms with Crippen molar-refractivity contribution >= 4 is 35.6 Å². The van der Waals surface area contributed by atoms with E-state index in [4.69, 9.17) is 21.7 Å². The molecule has 0 fully saturated rings. The van der Waals surface area contributed by atoms with E-state index in [1.807, 2.05) is 0 Å². The lowest BCUT2D eigenvalue weighted by Crippen LogP contribution is -2.56. The van der Waals surface area contributed by atoms with Crippen LogP contribution in [0.25, 0.3) is 0 Å². The van der Waals surface area contributed by atoms with Gasteiger partial charge in [0.15, 0.2) is 0 Å². The van der Waals surface area contributed by atoms with Crippen LogP contribution in [0.2, 0.25) is 0 Å². The molecule has 4 amide bonds. The first-order chi connectivity index (χ1) is 13.3. The largest absolute Gasteiger partial charge is 0.481 e. The Hall–Kier alpha value is -3.22. The van der Waals surface area contributed by atoms with Crippen molar-refractivity contribution < 1.29 is 39.0 Å². The highest BCUT2D eigenvalue weighted by Gasteiger charge is 2.27. The highest BCUT2D eigenvalue weighted by molar-refractivity contribution is 5.94. The highest BCUT2D eigenvalue weighted by Crippen LogP contribution is 2.01. The van der Waals surface area contributed by atoms with Crippen LogP contribution in [0.4, 0.5) is 0 Å². The number of primary amides is 1. The molecule has 29 heavy (non-hydrogen) atoms. The number of carbonyl (C=O) groups excluding carboxylic acids is 4. The number of carboxylic acid groups (broad SMARTS) is 2. The lowest BCUT2D eigenvalue weighted by Gasteiger charge is -2.22. The fraction of sp³-hybridized carbons (Fsp3) is 0.625. The first-order valence-electron chi connectivity index (χ1n) is 8.74. The molecule has 0 aromatic heterocycles. The van der Waals surface area contributed by atoms with E-state index < -0.39 is 59.7 Å². The first kappa shape index (κ1) is 25.8. The third kappa shape index (κ3) is 10.6. The summed E-state index contributed by atoms with van der Waals surface area (Å²) < 4.78 is 0. The Morgan fingerprint density at radius 2 is 1.34 bits per heavy atom. The fourth-order valence-corrected chi connectivity index (χ4v) is 2.02. The van der Waals surface area contributed by atoms with Crippen LogP contribution < -0.4 is 27.4 Å². The van der Waals surface area contributed by atoms with Crippen molar-refractivity contribution in [3.8, 4) is 0 Å². The van der Waals surface area contributed by atoms with E-state index in [0.29, 0.717) is 0 Å². The maximum absolute atomic E-state index is 12.3. The van der Waals surface area contributed by atoms with E-state index >= 15 is 0 Å². The SMILES string of the molecule is CC(NC(=O)C(CCC(N)=O)NC(=O)C(C)NC(=O)C(N)CCC(=O)O)C(=O)O. The van der Waals surface area contributed by atoms with Crippen LogP contribution in [0.15, 0.2) is 0 Å². The molecule has 0 rings (SSSR count). The van der Waals surface area contributed by atoms with Crippen molar-refractivity contribution in [3.05, 3.63) is 0 Å². The number of carboxylic acids is 2. The molecule has 4 atom stereocenters. The average molecular weight is 417 g/mol. The molecular formula is C16H27N5O8. The second-order valence-corrected chi connectivity index (χ2v) is 6.40. The Kier molecular flexibility index (Phi) is 10.9. The summed E-state index contributed by atoms with van der Waals surface area (Å²) in [7, 11) is 0. The summed E-state index contributed by atoms with van der Waals surface area (Å²) in [5.41, 5.74) is 10.6. The van der Waals surface area contributed by atoms with Gasteiger partial charge in [-0.1, -0.05) is 0 Å². The summed E-state index contributed by atoms with van der Waals surface area (Å²) in [5, 5.41) is 24.2. The highest BCUT2D eigenvalue weighted by atomic mass is 16.4. The number of hydrogen-bond donors (Lipinski definition) is 7. The molecule has 13 heteroatoms. The van der Waals surface area contributed by atoms with E-state index in [1.54, 1.807) is 0 Å². The minimum absolute atomic E-state index is 0.133. The van der Waals surface area contributed by atoms with Crippen molar-refractivity contribution in [1.29, 1.82) is 0 Å². The lowest BCUT2D eigenvalue weighted by atomic mass is 10.1. The molecule has 164 valence electrons. The number of aliphatic carboxylic acids is 2. The maximum atomic E-state index is 12.3. The number of carbonyl (C=O) groups is 6. The molecule has 13 nitrogen and oxygen atoms in total. The van der Waals surface area contributed by atoms with Crippen molar-refractivity contribution in [2.75, 3.05) is 0 Å². The molecule has 9 N–H and O–H groups in total. The predicted molar refractivity (Wildman–Crippen MR) is 98.0 cm³/mol. The van der Waals surface area contributed by atoms with E-state index in [-0.39, 0.29) is 25.7 Å². The Morgan fingerprint density at radius 1 is 0.793 bits per heavy atom. The van der Waals surface area contributed by atoms with Crippen molar-refractivity contribution in [3.63, 3.8) is 0 Å². The van der Waals surface area contributed by atoms with Gasteiger partial charge in [0, 0.05) is 12.8 Å². The van der Waals surface area contributed by atoms with E-state index in [9.17, 15) is 28.8 Å². The number of rotatable bonds is 13. The zero-order valence-electron chi connectivity index (χ0n) is 16.1. The third-order valence-corrected chi connectivity index (χ3v) is 3.80. The van der Waals surface area contributed by atoms with Crippen molar-refractivity contribution in [2.24, 2.45) is 11.5 Å². The van der Waals surface area contributed by atoms with Crippen molar-refractivity contribution in [2.45, 2.75) is 63.7 Å². The van der Waals surface area contributed by atoms with Gasteiger partial charge in [0.05, 0.1) is 6.04 Å². The second kappa shape index (κ2) is 12.3. The predicted octanol–water partition coefficient (Wildman–Crippen LogP) is -2.98. The van der Waals surface area contributed by atoms with Crippen LogP contribution in [0, 0.1) is 0 Å². The molecule has 0 heterocycles. The summed E-state index contributed by atoms with van der Waals surface area (Å²) in [6.07, 6.45) is -0.892. The summed E-state index contributed by atoms with van der Waals surface area (Å²) in [6.45, 7) is 2.52. The molecule has 0 aliphatic rings. The smallest absolute Gasteiger partial charge is 0.325 e. The van der Waals surface area contributed by atoms with Crippen LogP contribution in [0.3, 0.4) is 0 Å². The molecular weight excluding hydrogens is 390 g/mol. The van der Waals surface area contributed by atoms with Gasteiger partial charge in [-0.15, -0.1) is 0 Å². The average Bonchev–Trinajstić information content (AvgIpc) is 2.61. The van der Waals surface area contributed by atoms with Crippen LogP contribution in [-0.4, -0.2) is 69.9 Å². The molecule has 0 spiro atoms. The molecule has 0 saturated carbocycles. The van der Waals surface area contributed by atoms with E-state index in [0.717, 1.165) is 0 Å². The summed E-state index contributed by atoms with van der Waals surface area (Å²) in [6, 6.07) is -4.79. The monoisotopic (exact) mass is 417 g/mol. The maximum Gasteiger partial charge on any atom is 0.325 e. The van der Waals surface area contributed by atoms with Gasteiger partial charge < -0.3 is 37.6 Å². The topological polar surface area (TPSA) is 231 Å². The summed E-state index contributed by atoms with van der Waals surface area (Å²) >= 11 is 0. The minimum Gasteiger partial charge on any atom is -0.481 e. The standard InChI is InChI=1S/C16H27N5O8/c1-7(19-14(26)9(17)3-6-12(23)24)13(25)21-10(4-5-11(18)22)15(27)20-8(2)16(28)29/h7-10H,3-6,17H2,1-2H3,(H2,18,22)(H,19,26)(H,20,27)(H,21,25)(H,23,24)(H,28,29). The second-order valence-electron chi connectivity index (χ2n) is 6.40. The first-order valence-corrected chi connectivity index (χ1v) is 8.74. The lowest BCUT2D eigenvalue weighted by molar-refractivity contribution is -0.142. The van der Waals surface area contributed by atoms with Gasteiger partial charge in [0.2, 0.25) is 23.6 Å². The Bertz CT molecular complexity index is 653. The number of nitrogens with two attached hydrogens (primary N) is 2. The molecule has 4 unspecified atom stereocenters. The zero-order chi connectivity index (χ0) is 22.7. The van der Waals surface area contributed by atoms with Crippen LogP contribution >= 0.6 is 0 Å². The molecule has 0 saturated heterocycles. The van der Waals surface area contributed by atoms with E-state index in [1.165, 1.54) is 13.8 Å². The molecule has 0 aromatic carbocycles.